The number of amides is 1. The predicted octanol–water partition coefficient (Wildman–Crippen LogP) is 2.40. The van der Waals surface area contributed by atoms with Crippen LogP contribution in [0.15, 0.2) is 4.79 Å². The molecule has 0 aromatic carbocycles. The first kappa shape index (κ1) is 18.6. The number of likely N-dealkylation sites (N-methyl/N-ethyl adjacent to an activating group) is 1. The topological polar surface area (TPSA) is 78.1 Å². The molecule has 3 heterocycles. The molecule has 0 spiro atoms. The zero-order valence-corrected chi connectivity index (χ0v) is 16.8. The lowest BCUT2D eigenvalue weighted by atomic mass is 9.97. The smallest absolute Gasteiger partial charge is 0.259 e. The molecule has 1 atom stereocenters. The molecular formula is C20H28N4O2S. The highest BCUT2D eigenvalue weighted by Gasteiger charge is 2.23. The number of nitrogens with zero attached hydrogens (tertiary/aromatic N) is 2. The summed E-state index contributed by atoms with van der Waals surface area (Å²) in [7, 11) is 0. The number of thiophene rings is 1. The normalized spacial score (nSPS) is 20.1. The Hall–Kier alpha value is -1.73. The van der Waals surface area contributed by atoms with Crippen LogP contribution in [0.2, 0.25) is 0 Å². The highest BCUT2D eigenvalue weighted by atomic mass is 32.1. The van der Waals surface area contributed by atoms with Gasteiger partial charge in [-0.25, -0.2) is 4.98 Å². The molecule has 0 saturated carbocycles. The SMILES string of the molecule is CCN1CCCC1CNC(=O)CCc1nc2sc3c(c2c(=O)[nH]1)CCCC3. The molecule has 2 aromatic heterocycles. The highest BCUT2D eigenvalue weighted by molar-refractivity contribution is 7.18. The maximum atomic E-state index is 12.6. The Labute approximate surface area is 163 Å². The standard InChI is InChI=1S/C20H28N4O2S/c1-2-24-11-5-6-13(24)12-21-17(25)10-9-16-22-19(26)18-14-7-3-4-8-15(14)27-20(18)23-16/h13H,2-12H2,1H3,(H,21,25)(H,22,23,26). The molecule has 1 aliphatic carbocycles. The van der Waals surface area contributed by atoms with Crippen LogP contribution in [0.25, 0.3) is 10.2 Å². The van der Waals surface area contributed by atoms with Gasteiger partial charge in [-0.2, -0.15) is 0 Å². The lowest BCUT2D eigenvalue weighted by Crippen LogP contribution is -2.40. The number of likely N-dealkylation sites (tertiary alicyclic amines) is 1. The Morgan fingerprint density at radius 2 is 2.19 bits per heavy atom. The van der Waals surface area contributed by atoms with Gasteiger partial charge < -0.3 is 10.3 Å². The second-order valence-electron chi connectivity index (χ2n) is 7.63. The zero-order chi connectivity index (χ0) is 18.8. The quantitative estimate of drug-likeness (QED) is 0.797. The van der Waals surface area contributed by atoms with E-state index in [9.17, 15) is 9.59 Å². The Morgan fingerprint density at radius 1 is 1.33 bits per heavy atom. The minimum Gasteiger partial charge on any atom is -0.355 e. The average molecular weight is 389 g/mol. The highest BCUT2D eigenvalue weighted by Crippen LogP contribution is 2.33. The van der Waals surface area contributed by atoms with Crippen molar-refractivity contribution in [3.05, 3.63) is 26.6 Å². The Morgan fingerprint density at radius 3 is 3.04 bits per heavy atom. The molecule has 1 saturated heterocycles. The summed E-state index contributed by atoms with van der Waals surface area (Å²) < 4.78 is 0. The number of fused-ring (bicyclic) bond motifs is 3. The van der Waals surface area contributed by atoms with E-state index in [1.165, 1.54) is 23.3 Å². The fourth-order valence-electron chi connectivity index (χ4n) is 4.42. The Kier molecular flexibility index (Phi) is 5.59. The van der Waals surface area contributed by atoms with Gasteiger partial charge in [0.25, 0.3) is 5.56 Å². The van der Waals surface area contributed by atoms with Crippen LogP contribution in [0.4, 0.5) is 0 Å². The fourth-order valence-corrected chi connectivity index (χ4v) is 5.70. The van der Waals surface area contributed by atoms with Gasteiger partial charge >= 0.3 is 0 Å². The van der Waals surface area contributed by atoms with Gasteiger partial charge in [-0.3, -0.25) is 14.5 Å². The molecule has 1 unspecified atom stereocenters. The first-order valence-electron chi connectivity index (χ1n) is 10.2. The van der Waals surface area contributed by atoms with E-state index in [-0.39, 0.29) is 11.5 Å². The summed E-state index contributed by atoms with van der Waals surface area (Å²) in [5.41, 5.74) is 1.16. The van der Waals surface area contributed by atoms with Crippen LogP contribution >= 0.6 is 11.3 Å². The summed E-state index contributed by atoms with van der Waals surface area (Å²) in [5, 5.41) is 3.83. The molecule has 1 amide bonds. The summed E-state index contributed by atoms with van der Waals surface area (Å²) in [6, 6.07) is 0.464. The Balaban J connectivity index is 1.37. The summed E-state index contributed by atoms with van der Waals surface area (Å²) in [6.45, 7) is 5.05. The van der Waals surface area contributed by atoms with Crippen LogP contribution in [-0.2, 0) is 24.1 Å². The number of carbonyl (C=O) groups excluding carboxylic acids is 1. The van der Waals surface area contributed by atoms with Gasteiger partial charge in [0.15, 0.2) is 0 Å². The van der Waals surface area contributed by atoms with E-state index in [4.69, 9.17) is 0 Å². The van der Waals surface area contributed by atoms with Gasteiger partial charge in [-0.15, -0.1) is 11.3 Å². The number of aryl methyl sites for hydroxylation is 3. The predicted molar refractivity (Wildman–Crippen MR) is 108 cm³/mol. The van der Waals surface area contributed by atoms with E-state index in [0.29, 0.717) is 31.3 Å². The summed E-state index contributed by atoms with van der Waals surface area (Å²) in [6.07, 6.45) is 7.59. The van der Waals surface area contributed by atoms with Crippen LogP contribution in [-0.4, -0.2) is 46.5 Å². The third-order valence-corrected chi connectivity index (χ3v) is 7.09. The molecule has 6 nitrogen and oxygen atoms in total. The lowest BCUT2D eigenvalue weighted by molar-refractivity contribution is -0.121. The number of aromatic amines is 1. The van der Waals surface area contributed by atoms with E-state index in [2.05, 4.69) is 27.1 Å². The summed E-state index contributed by atoms with van der Waals surface area (Å²) in [4.78, 5) is 36.9. The molecule has 7 heteroatoms. The van der Waals surface area contributed by atoms with Crippen LogP contribution in [0.3, 0.4) is 0 Å². The number of rotatable bonds is 6. The van der Waals surface area contributed by atoms with Crippen molar-refractivity contribution in [2.75, 3.05) is 19.6 Å². The van der Waals surface area contributed by atoms with Gasteiger partial charge in [0.1, 0.15) is 10.7 Å². The number of aromatic nitrogens is 2. The molecule has 27 heavy (non-hydrogen) atoms. The monoisotopic (exact) mass is 388 g/mol. The molecule has 4 rings (SSSR count). The summed E-state index contributed by atoms with van der Waals surface area (Å²) >= 11 is 1.65. The van der Waals surface area contributed by atoms with Crippen LogP contribution in [0.5, 0.6) is 0 Å². The van der Waals surface area contributed by atoms with Crippen LogP contribution in [0.1, 0.15) is 55.3 Å². The van der Waals surface area contributed by atoms with Gasteiger partial charge in [-0.05, 0) is 57.2 Å². The van der Waals surface area contributed by atoms with E-state index in [0.717, 1.165) is 49.0 Å². The van der Waals surface area contributed by atoms with E-state index < -0.39 is 0 Å². The molecular weight excluding hydrogens is 360 g/mol. The van der Waals surface area contributed by atoms with Crippen molar-refractivity contribution in [2.24, 2.45) is 0 Å². The fraction of sp³-hybridized carbons (Fsp3) is 0.650. The average Bonchev–Trinajstić information content (AvgIpc) is 3.28. The third kappa shape index (κ3) is 3.94. The maximum absolute atomic E-state index is 12.6. The number of H-pyrrole nitrogens is 1. The van der Waals surface area contributed by atoms with E-state index in [1.807, 2.05) is 0 Å². The molecule has 1 fully saturated rings. The largest absolute Gasteiger partial charge is 0.355 e. The van der Waals surface area contributed by atoms with Crippen molar-refractivity contribution in [1.82, 2.24) is 20.2 Å². The first-order valence-corrected chi connectivity index (χ1v) is 11.0. The zero-order valence-electron chi connectivity index (χ0n) is 16.0. The number of hydrogen-bond acceptors (Lipinski definition) is 5. The third-order valence-electron chi connectivity index (χ3n) is 5.90. The molecule has 0 radical (unpaired) electrons. The maximum Gasteiger partial charge on any atom is 0.259 e. The Bertz CT molecular complexity index is 888. The lowest BCUT2D eigenvalue weighted by Gasteiger charge is -2.22. The molecule has 2 N–H and O–H groups in total. The van der Waals surface area contributed by atoms with Gasteiger partial charge in [0.05, 0.1) is 5.39 Å². The molecule has 2 aliphatic rings. The van der Waals surface area contributed by atoms with Gasteiger partial charge in [0, 0.05) is 30.3 Å². The van der Waals surface area contributed by atoms with Crippen LogP contribution < -0.4 is 10.9 Å². The summed E-state index contributed by atoms with van der Waals surface area (Å²) in [5.74, 6) is 0.656. The second-order valence-corrected chi connectivity index (χ2v) is 8.72. The van der Waals surface area contributed by atoms with E-state index in [1.54, 1.807) is 11.3 Å². The minimum atomic E-state index is -0.0423. The molecule has 0 bridgehead atoms. The molecule has 146 valence electrons. The minimum absolute atomic E-state index is 0.0335. The first-order chi connectivity index (χ1) is 13.2. The second kappa shape index (κ2) is 8.10. The van der Waals surface area contributed by atoms with Gasteiger partial charge in [-0.1, -0.05) is 6.92 Å². The number of carbonyl (C=O) groups is 1. The van der Waals surface area contributed by atoms with Crippen molar-refractivity contribution in [3.8, 4) is 0 Å². The van der Waals surface area contributed by atoms with Crippen LogP contribution in [0, 0.1) is 0 Å². The van der Waals surface area contributed by atoms with Crippen molar-refractivity contribution in [2.45, 2.75) is 64.3 Å². The van der Waals surface area contributed by atoms with Crippen molar-refractivity contribution < 1.29 is 4.79 Å². The van der Waals surface area contributed by atoms with Gasteiger partial charge in [0.2, 0.25) is 5.91 Å². The molecule has 1 aliphatic heterocycles. The van der Waals surface area contributed by atoms with Crippen molar-refractivity contribution in [1.29, 1.82) is 0 Å². The van der Waals surface area contributed by atoms with Crippen molar-refractivity contribution in [3.63, 3.8) is 0 Å². The number of hydrogen-bond donors (Lipinski definition) is 2. The molecule has 2 aromatic rings. The number of nitrogens with one attached hydrogen (secondary N) is 2. The van der Waals surface area contributed by atoms with Crippen molar-refractivity contribution >= 4 is 27.5 Å². The van der Waals surface area contributed by atoms with E-state index >= 15 is 0 Å².